The number of halogens is 1. The highest BCUT2D eigenvalue weighted by Crippen LogP contribution is 2.23. The fourth-order valence-corrected chi connectivity index (χ4v) is 1.46. The van der Waals surface area contributed by atoms with Gasteiger partial charge in [0.15, 0.2) is 0 Å². The molecule has 1 atom stereocenters. The van der Waals surface area contributed by atoms with Gasteiger partial charge >= 0.3 is 0 Å². The quantitative estimate of drug-likeness (QED) is 0.605. The van der Waals surface area contributed by atoms with E-state index in [0.29, 0.717) is 0 Å². The monoisotopic (exact) mass is 263 g/mol. The van der Waals surface area contributed by atoms with Gasteiger partial charge < -0.3 is 4.52 Å². The van der Waals surface area contributed by atoms with Crippen molar-refractivity contribution in [2.45, 2.75) is 19.8 Å². The molecule has 0 aromatic carbocycles. The van der Waals surface area contributed by atoms with Crippen LogP contribution in [0.3, 0.4) is 0 Å². The van der Waals surface area contributed by atoms with E-state index in [4.69, 9.17) is 4.52 Å². The number of allylic oxidation sites excluding steroid dienone is 1. The molecule has 0 aliphatic heterocycles. The van der Waals surface area contributed by atoms with Gasteiger partial charge in [0, 0.05) is 5.92 Å². The van der Waals surface area contributed by atoms with Gasteiger partial charge in [-0.05, 0) is 29.5 Å². The molecule has 0 spiro atoms. The molecule has 1 aromatic rings. The van der Waals surface area contributed by atoms with Crippen molar-refractivity contribution < 1.29 is 4.52 Å². The molecule has 0 fully saturated rings. The van der Waals surface area contributed by atoms with Crippen molar-refractivity contribution in [3.63, 3.8) is 0 Å². The zero-order valence-electron chi connectivity index (χ0n) is 6.60. The Morgan fingerprint density at radius 1 is 1.73 bits per heavy atom. The van der Waals surface area contributed by atoms with E-state index in [9.17, 15) is 0 Å². The minimum atomic E-state index is 0.277. The first-order valence-electron chi connectivity index (χ1n) is 3.41. The lowest BCUT2D eigenvalue weighted by atomic mass is 10.1. The Balaban J connectivity index is 3.03. The highest BCUT2D eigenvalue weighted by atomic mass is 127. The van der Waals surface area contributed by atoms with Crippen LogP contribution in [0.25, 0.3) is 0 Å². The van der Waals surface area contributed by atoms with E-state index in [-0.39, 0.29) is 5.92 Å². The summed E-state index contributed by atoms with van der Waals surface area (Å²) in [6, 6.07) is 0. The van der Waals surface area contributed by atoms with Crippen LogP contribution in [0.4, 0.5) is 0 Å². The van der Waals surface area contributed by atoms with Crippen molar-refractivity contribution in [3.8, 4) is 0 Å². The summed E-state index contributed by atoms with van der Waals surface area (Å²) in [5.41, 5.74) is 0.984. The third-order valence-electron chi connectivity index (χ3n) is 1.60. The van der Waals surface area contributed by atoms with Crippen LogP contribution >= 0.6 is 22.6 Å². The predicted molar refractivity (Wildman–Crippen MR) is 52.6 cm³/mol. The van der Waals surface area contributed by atoms with Crippen LogP contribution in [-0.4, -0.2) is 5.16 Å². The molecule has 0 saturated carbocycles. The van der Waals surface area contributed by atoms with Gasteiger partial charge in [0.05, 0.1) is 3.57 Å². The topological polar surface area (TPSA) is 26.0 Å². The molecule has 11 heavy (non-hydrogen) atoms. The van der Waals surface area contributed by atoms with E-state index in [1.54, 1.807) is 0 Å². The highest BCUT2D eigenvalue weighted by Gasteiger charge is 2.13. The van der Waals surface area contributed by atoms with Gasteiger partial charge in [-0.15, -0.1) is 6.58 Å². The van der Waals surface area contributed by atoms with Crippen molar-refractivity contribution >= 4 is 22.6 Å². The largest absolute Gasteiger partial charge is 0.360 e. The van der Waals surface area contributed by atoms with Gasteiger partial charge in [-0.2, -0.15) is 0 Å². The molecule has 60 valence electrons. The minimum Gasteiger partial charge on any atom is -0.360 e. The third-order valence-corrected chi connectivity index (χ3v) is 2.91. The maximum Gasteiger partial charge on any atom is 0.147 e. The van der Waals surface area contributed by atoms with E-state index in [0.717, 1.165) is 15.0 Å². The summed E-state index contributed by atoms with van der Waals surface area (Å²) in [5.74, 6) is 1.16. The second-order valence-corrected chi connectivity index (χ2v) is 3.54. The van der Waals surface area contributed by atoms with E-state index >= 15 is 0 Å². The highest BCUT2D eigenvalue weighted by molar-refractivity contribution is 14.1. The Morgan fingerprint density at radius 2 is 2.36 bits per heavy atom. The molecule has 1 rings (SSSR count). The Labute approximate surface area is 79.8 Å². The number of nitrogens with zero attached hydrogens (tertiary/aromatic N) is 1. The van der Waals surface area contributed by atoms with Crippen molar-refractivity contribution in [1.82, 2.24) is 5.16 Å². The lowest BCUT2D eigenvalue weighted by Gasteiger charge is -1.98. The van der Waals surface area contributed by atoms with Gasteiger partial charge in [0.25, 0.3) is 0 Å². The molecular weight excluding hydrogens is 253 g/mol. The summed E-state index contributed by atoms with van der Waals surface area (Å²) >= 11 is 2.23. The SMILES string of the molecule is C=CC(C)c1noc(C)c1I. The summed E-state index contributed by atoms with van der Waals surface area (Å²) < 4.78 is 6.12. The molecule has 0 amide bonds. The van der Waals surface area contributed by atoms with E-state index in [1.807, 2.05) is 19.9 Å². The second-order valence-electron chi connectivity index (χ2n) is 2.46. The average Bonchev–Trinajstić information content (AvgIpc) is 2.32. The van der Waals surface area contributed by atoms with Gasteiger partial charge in [0.2, 0.25) is 0 Å². The van der Waals surface area contributed by atoms with Crippen LogP contribution < -0.4 is 0 Å². The smallest absolute Gasteiger partial charge is 0.147 e. The minimum absolute atomic E-state index is 0.277. The Morgan fingerprint density at radius 3 is 2.73 bits per heavy atom. The lowest BCUT2D eigenvalue weighted by Crippen LogP contribution is -1.90. The van der Waals surface area contributed by atoms with Crippen molar-refractivity contribution in [1.29, 1.82) is 0 Å². The number of aromatic nitrogens is 1. The standard InChI is InChI=1S/C8H10INO/c1-4-5(2)8-7(9)6(3)11-10-8/h4-5H,1H2,2-3H3. The maximum atomic E-state index is 5.01. The number of aryl methyl sites for hydroxylation is 1. The molecule has 1 aromatic heterocycles. The molecule has 0 aliphatic carbocycles. The molecule has 1 heterocycles. The van der Waals surface area contributed by atoms with Crippen LogP contribution in [0.5, 0.6) is 0 Å². The normalized spacial score (nSPS) is 13.0. The molecule has 0 bridgehead atoms. The summed E-state index contributed by atoms with van der Waals surface area (Å²) in [6.45, 7) is 7.66. The summed E-state index contributed by atoms with van der Waals surface area (Å²) in [4.78, 5) is 0. The van der Waals surface area contributed by atoms with Crippen molar-refractivity contribution in [3.05, 3.63) is 27.7 Å². The van der Waals surface area contributed by atoms with Crippen molar-refractivity contribution in [2.24, 2.45) is 0 Å². The van der Waals surface area contributed by atoms with Gasteiger partial charge in [0.1, 0.15) is 11.5 Å². The van der Waals surface area contributed by atoms with Gasteiger partial charge in [-0.25, -0.2) is 0 Å². The summed E-state index contributed by atoms with van der Waals surface area (Å²) in [5, 5.41) is 3.93. The summed E-state index contributed by atoms with van der Waals surface area (Å²) in [7, 11) is 0. The molecule has 0 radical (unpaired) electrons. The van der Waals surface area contributed by atoms with Gasteiger partial charge in [-0.3, -0.25) is 0 Å². The van der Waals surface area contributed by atoms with Crippen LogP contribution in [0.2, 0.25) is 0 Å². The first-order valence-corrected chi connectivity index (χ1v) is 4.49. The number of rotatable bonds is 2. The molecule has 0 aliphatic rings. The third kappa shape index (κ3) is 1.64. The molecule has 1 unspecified atom stereocenters. The van der Waals surface area contributed by atoms with Crippen LogP contribution in [0.1, 0.15) is 24.3 Å². The number of hydrogen-bond acceptors (Lipinski definition) is 2. The van der Waals surface area contributed by atoms with Crippen LogP contribution in [0.15, 0.2) is 17.2 Å². The average molecular weight is 263 g/mol. The van der Waals surface area contributed by atoms with Crippen LogP contribution in [0, 0.1) is 10.5 Å². The van der Waals surface area contributed by atoms with E-state index < -0.39 is 0 Å². The fourth-order valence-electron chi connectivity index (χ4n) is 0.773. The van der Waals surface area contributed by atoms with Gasteiger partial charge in [-0.1, -0.05) is 18.2 Å². The maximum absolute atomic E-state index is 5.01. The lowest BCUT2D eigenvalue weighted by molar-refractivity contribution is 0.389. The fraction of sp³-hybridized carbons (Fsp3) is 0.375. The molecule has 0 saturated heterocycles. The van der Waals surface area contributed by atoms with Crippen molar-refractivity contribution in [2.75, 3.05) is 0 Å². The zero-order valence-corrected chi connectivity index (χ0v) is 8.75. The first kappa shape index (κ1) is 8.77. The molecule has 2 nitrogen and oxygen atoms in total. The van der Waals surface area contributed by atoms with E-state index in [2.05, 4.69) is 34.3 Å². The summed E-state index contributed by atoms with van der Waals surface area (Å²) in [6.07, 6.45) is 1.86. The predicted octanol–water partition coefficient (Wildman–Crippen LogP) is 2.88. The first-order chi connectivity index (χ1) is 5.16. The van der Waals surface area contributed by atoms with E-state index in [1.165, 1.54) is 0 Å². The second kappa shape index (κ2) is 3.38. The molecule has 0 N–H and O–H groups in total. The Bertz CT molecular complexity index is 267. The Hall–Kier alpha value is -0.320. The number of hydrogen-bond donors (Lipinski definition) is 0. The van der Waals surface area contributed by atoms with Crippen LogP contribution in [-0.2, 0) is 0 Å². The Kier molecular flexibility index (Phi) is 2.70. The zero-order chi connectivity index (χ0) is 8.43. The molecular formula is C8H10INO. The molecule has 3 heteroatoms.